The van der Waals surface area contributed by atoms with Gasteiger partial charge in [-0.15, -0.1) is 0 Å². The van der Waals surface area contributed by atoms with E-state index in [1.54, 1.807) is 4.57 Å². The lowest BCUT2D eigenvalue weighted by Gasteiger charge is -2.35. The molecule has 4 heteroatoms. The molecule has 0 saturated heterocycles. The molecule has 0 amide bonds. The molecule has 0 atom stereocenters. The molecule has 0 spiro atoms. The number of benzene rings is 10. The molecule has 0 fully saturated rings. The van der Waals surface area contributed by atoms with Crippen molar-refractivity contribution in [1.29, 1.82) is 0 Å². The first-order valence-electron chi connectivity index (χ1n) is 25.8. The number of aromatic nitrogens is 2. The number of hydrogen-bond donors (Lipinski definition) is 0. The van der Waals surface area contributed by atoms with Crippen molar-refractivity contribution < 1.29 is 16.8 Å². The van der Waals surface area contributed by atoms with E-state index in [2.05, 4.69) is 97.1 Å². The van der Waals surface area contributed by atoms with Gasteiger partial charge in [-0.25, -0.2) is 0 Å². The Hall–Kier alpha value is -8.18. The standard InChI is InChI=1S/C60H40N2OSi/c1-4-20-41(21-5-1)42-22-18-28-46(38-42)64(44-24-6-2-7-25-44,45-26-8-3-9-27-45)47-29-19-23-43(39-47)61-53-34-14-12-32-50(53)52-40-56(60-58(59(52)61)51-33-13-17-37-57(51)63-60)62-54-35-15-10-30-48(54)49-31-11-16-36-55(49)62/h1-40H/i12D,13D,14D,17D,32D,33D,34D,37D,40D. The molecule has 0 aliphatic heterocycles. The second kappa shape index (κ2) is 14.5. The van der Waals surface area contributed by atoms with E-state index in [-0.39, 0.29) is 73.6 Å². The predicted molar refractivity (Wildman–Crippen MR) is 271 cm³/mol. The lowest BCUT2D eigenvalue weighted by Crippen LogP contribution is -2.74. The van der Waals surface area contributed by atoms with Crippen LogP contribution in [0.4, 0.5) is 0 Å². The molecule has 0 saturated carbocycles. The maximum absolute atomic E-state index is 10.5. The zero-order valence-corrected chi connectivity index (χ0v) is 35.2. The van der Waals surface area contributed by atoms with E-state index < -0.39 is 38.3 Å². The van der Waals surface area contributed by atoms with Gasteiger partial charge in [0.1, 0.15) is 5.58 Å². The molecule has 3 nitrogen and oxygen atoms in total. The Morgan fingerprint density at radius 3 is 1.66 bits per heavy atom. The molecular formula is C60H40N2OSi. The number of fused-ring (bicyclic) bond motifs is 10. The van der Waals surface area contributed by atoms with Crippen molar-refractivity contribution in [2.24, 2.45) is 0 Å². The van der Waals surface area contributed by atoms with Crippen molar-refractivity contribution >= 4 is 94.4 Å². The molecule has 0 radical (unpaired) electrons. The third-order valence-corrected chi connectivity index (χ3v) is 17.5. The third kappa shape index (κ3) is 5.33. The minimum absolute atomic E-state index is 0.0681. The van der Waals surface area contributed by atoms with Crippen LogP contribution in [0.3, 0.4) is 0 Å². The van der Waals surface area contributed by atoms with Gasteiger partial charge >= 0.3 is 0 Å². The van der Waals surface area contributed by atoms with E-state index >= 15 is 0 Å². The molecule has 3 aromatic heterocycles. The molecule has 13 rings (SSSR count). The number of nitrogens with zero attached hydrogens (tertiary/aromatic N) is 2. The summed E-state index contributed by atoms with van der Waals surface area (Å²) in [6.07, 6.45) is 0. The minimum atomic E-state index is -3.33. The summed E-state index contributed by atoms with van der Waals surface area (Å²) in [6, 6.07) is 60.1. The number of para-hydroxylation sites is 4. The van der Waals surface area contributed by atoms with Crippen LogP contribution < -0.4 is 20.7 Å². The fourth-order valence-electron chi connectivity index (χ4n) is 10.1. The van der Waals surface area contributed by atoms with Crippen LogP contribution in [-0.2, 0) is 0 Å². The Morgan fingerprint density at radius 2 is 0.953 bits per heavy atom. The van der Waals surface area contributed by atoms with Gasteiger partial charge in [-0.3, -0.25) is 0 Å². The average Bonchev–Trinajstić information content (AvgIpc) is 4.12. The van der Waals surface area contributed by atoms with Crippen LogP contribution in [0.5, 0.6) is 0 Å². The number of hydrogen-bond acceptors (Lipinski definition) is 1. The van der Waals surface area contributed by atoms with Crippen molar-refractivity contribution in [1.82, 2.24) is 9.13 Å². The summed E-state index contributed by atoms with van der Waals surface area (Å²) >= 11 is 0. The van der Waals surface area contributed by atoms with Gasteiger partial charge in [-0.2, -0.15) is 0 Å². The van der Waals surface area contributed by atoms with E-state index in [1.165, 1.54) is 0 Å². The van der Waals surface area contributed by atoms with Crippen LogP contribution in [0, 0.1) is 0 Å². The summed E-state index contributed by atoms with van der Waals surface area (Å²) in [5.41, 5.74) is 4.70. The molecule has 64 heavy (non-hydrogen) atoms. The zero-order chi connectivity index (χ0) is 50.0. The Bertz CT molecular complexity index is 4340. The second-order valence-corrected chi connectivity index (χ2v) is 19.9. The highest BCUT2D eigenvalue weighted by Crippen LogP contribution is 2.45. The van der Waals surface area contributed by atoms with Crippen LogP contribution >= 0.6 is 0 Å². The first kappa shape index (κ1) is 28.4. The van der Waals surface area contributed by atoms with Gasteiger partial charge in [0.2, 0.25) is 0 Å². The summed E-state index contributed by atoms with van der Waals surface area (Å²) in [7, 11) is -3.33. The van der Waals surface area contributed by atoms with Gasteiger partial charge in [-0.05, 0) is 74.3 Å². The van der Waals surface area contributed by atoms with Gasteiger partial charge in [0.15, 0.2) is 13.7 Å². The highest BCUT2D eigenvalue weighted by atomic mass is 28.3. The molecular weight excluding hydrogens is 793 g/mol. The SMILES string of the molecule is [2H]c1c([2H])c([2H])c2c(oc3c(-n4c5ccccc5c5ccccc54)c([2H])c4c5c([2H])c([2H])c([2H])c([2H])c5n(-c5cccc([Si](c6ccccc6)(c6ccccc6)c6cccc(-c7ccccc7)c6)c5)c4c32)c1[2H]. The quantitative estimate of drug-likeness (QED) is 0.116. The van der Waals surface area contributed by atoms with Crippen LogP contribution in [0.1, 0.15) is 12.3 Å². The Kier molecular flexibility index (Phi) is 6.42. The molecule has 13 aromatic rings. The molecule has 0 unspecified atom stereocenters. The maximum Gasteiger partial charge on any atom is 0.179 e. The largest absolute Gasteiger partial charge is 0.454 e. The highest BCUT2D eigenvalue weighted by Gasteiger charge is 2.42. The molecule has 0 bridgehead atoms. The van der Waals surface area contributed by atoms with Crippen LogP contribution in [-0.4, -0.2) is 17.2 Å². The first-order valence-corrected chi connectivity index (χ1v) is 23.3. The normalized spacial score (nSPS) is 14.0. The zero-order valence-electron chi connectivity index (χ0n) is 43.2. The summed E-state index contributed by atoms with van der Waals surface area (Å²) in [5, 5.41) is 6.66. The molecule has 0 aliphatic rings. The van der Waals surface area contributed by atoms with Crippen molar-refractivity contribution in [2.45, 2.75) is 0 Å². The third-order valence-electron chi connectivity index (χ3n) is 12.8. The summed E-state index contributed by atoms with van der Waals surface area (Å²) in [4.78, 5) is 0. The van der Waals surface area contributed by atoms with Crippen LogP contribution in [0.25, 0.3) is 88.1 Å². The van der Waals surface area contributed by atoms with E-state index in [0.717, 1.165) is 53.7 Å². The summed E-state index contributed by atoms with van der Waals surface area (Å²) in [5.74, 6) is 0. The predicted octanol–water partition coefficient (Wildman–Crippen LogP) is 12.8. The Morgan fingerprint density at radius 1 is 0.406 bits per heavy atom. The smallest absolute Gasteiger partial charge is 0.179 e. The topological polar surface area (TPSA) is 23.0 Å². The molecule has 3 heterocycles. The first-order chi connectivity index (χ1) is 35.5. The fraction of sp³-hybridized carbons (Fsp3) is 0. The Balaban J connectivity index is 1.24. The van der Waals surface area contributed by atoms with Gasteiger partial charge in [-0.1, -0.05) is 200 Å². The van der Waals surface area contributed by atoms with Gasteiger partial charge in [0.25, 0.3) is 0 Å². The van der Waals surface area contributed by atoms with Crippen molar-refractivity contribution in [3.63, 3.8) is 0 Å². The number of rotatable bonds is 7. The number of furan rings is 1. The van der Waals surface area contributed by atoms with Crippen LogP contribution in [0.15, 0.2) is 247 Å². The van der Waals surface area contributed by atoms with E-state index in [9.17, 15) is 6.85 Å². The van der Waals surface area contributed by atoms with E-state index in [0.29, 0.717) is 5.69 Å². The molecule has 0 aliphatic carbocycles. The monoisotopic (exact) mass is 841 g/mol. The highest BCUT2D eigenvalue weighted by molar-refractivity contribution is 7.20. The van der Waals surface area contributed by atoms with Gasteiger partial charge < -0.3 is 13.6 Å². The molecule has 300 valence electrons. The minimum Gasteiger partial charge on any atom is -0.454 e. The summed E-state index contributed by atoms with van der Waals surface area (Å²) in [6.45, 7) is 0. The van der Waals surface area contributed by atoms with Gasteiger partial charge in [0.05, 0.1) is 45.5 Å². The van der Waals surface area contributed by atoms with Crippen molar-refractivity contribution in [3.8, 4) is 22.5 Å². The molecule has 0 N–H and O–H groups in total. The summed E-state index contributed by atoms with van der Waals surface area (Å²) < 4.78 is 95.4. The van der Waals surface area contributed by atoms with Crippen LogP contribution in [0.2, 0.25) is 0 Å². The second-order valence-electron chi connectivity index (χ2n) is 16.1. The van der Waals surface area contributed by atoms with E-state index in [4.69, 9.17) is 9.90 Å². The van der Waals surface area contributed by atoms with Crippen molar-refractivity contribution in [2.75, 3.05) is 0 Å². The maximum atomic E-state index is 10.5. The lowest BCUT2D eigenvalue weighted by atomic mass is 10.1. The Labute approximate surface area is 384 Å². The van der Waals surface area contributed by atoms with Gasteiger partial charge in [0, 0.05) is 32.6 Å². The van der Waals surface area contributed by atoms with E-state index in [1.807, 2.05) is 95.6 Å². The lowest BCUT2D eigenvalue weighted by molar-refractivity contribution is 0.666. The fourth-order valence-corrected chi connectivity index (χ4v) is 15.0. The average molecular weight is 842 g/mol. The van der Waals surface area contributed by atoms with Crippen molar-refractivity contribution in [3.05, 3.63) is 242 Å². The molecule has 10 aromatic carbocycles.